The molecule has 1 aromatic rings. The van der Waals surface area contributed by atoms with Crippen molar-refractivity contribution in [2.24, 2.45) is 5.92 Å². The van der Waals surface area contributed by atoms with Crippen molar-refractivity contribution >= 4 is 11.6 Å². The van der Waals surface area contributed by atoms with Crippen LogP contribution >= 0.6 is 0 Å². The number of hydrogen-bond donors (Lipinski definition) is 1. The normalized spacial score (nSPS) is 10.6. The van der Waals surface area contributed by atoms with Crippen LogP contribution in [-0.4, -0.2) is 24.4 Å². The van der Waals surface area contributed by atoms with Gasteiger partial charge in [-0.15, -0.1) is 0 Å². The molecule has 0 saturated carbocycles. The molecule has 0 aliphatic heterocycles. The third kappa shape index (κ3) is 4.89. The standard InChI is InChI=1S/C14H22N2O/c1-11(2)8-9-16(3)14(17)10-12-4-6-13(15)7-5-12/h4-7,11H,8-10,15H2,1-3H3. The quantitative estimate of drug-likeness (QED) is 0.795. The summed E-state index contributed by atoms with van der Waals surface area (Å²) in [5.74, 6) is 0.789. The van der Waals surface area contributed by atoms with Crippen LogP contribution in [0.2, 0.25) is 0 Å². The van der Waals surface area contributed by atoms with E-state index in [4.69, 9.17) is 5.73 Å². The van der Waals surface area contributed by atoms with E-state index in [1.54, 1.807) is 4.90 Å². The van der Waals surface area contributed by atoms with E-state index >= 15 is 0 Å². The second-order valence-electron chi connectivity index (χ2n) is 4.92. The summed E-state index contributed by atoms with van der Waals surface area (Å²) in [5, 5.41) is 0. The summed E-state index contributed by atoms with van der Waals surface area (Å²) >= 11 is 0. The second kappa shape index (κ2) is 6.28. The molecular weight excluding hydrogens is 212 g/mol. The molecule has 1 aromatic carbocycles. The first-order chi connectivity index (χ1) is 7.99. The average molecular weight is 234 g/mol. The van der Waals surface area contributed by atoms with Crippen LogP contribution < -0.4 is 5.73 Å². The zero-order valence-corrected chi connectivity index (χ0v) is 10.9. The Balaban J connectivity index is 2.45. The van der Waals surface area contributed by atoms with E-state index in [1.165, 1.54) is 0 Å². The van der Waals surface area contributed by atoms with Crippen molar-refractivity contribution in [1.29, 1.82) is 0 Å². The minimum atomic E-state index is 0.162. The van der Waals surface area contributed by atoms with Crippen molar-refractivity contribution in [2.75, 3.05) is 19.3 Å². The molecule has 0 atom stereocenters. The van der Waals surface area contributed by atoms with Gasteiger partial charge >= 0.3 is 0 Å². The van der Waals surface area contributed by atoms with E-state index in [0.717, 1.165) is 24.2 Å². The molecule has 0 unspecified atom stereocenters. The van der Waals surface area contributed by atoms with E-state index in [9.17, 15) is 4.79 Å². The number of benzene rings is 1. The molecule has 3 heteroatoms. The number of anilines is 1. The first-order valence-electron chi connectivity index (χ1n) is 6.07. The third-order valence-electron chi connectivity index (χ3n) is 2.80. The molecule has 0 aliphatic rings. The predicted molar refractivity (Wildman–Crippen MR) is 71.7 cm³/mol. The number of rotatable bonds is 5. The summed E-state index contributed by atoms with van der Waals surface area (Å²) in [6, 6.07) is 7.47. The summed E-state index contributed by atoms with van der Waals surface area (Å²) in [4.78, 5) is 13.7. The van der Waals surface area contributed by atoms with Gasteiger partial charge in [-0.25, -0.2) is 0 Å². The van der Waals surface area contributed by atoms with Crippen molar-refractivity contribution in [3.05, 3.63) is 29.8 Å². The Hall–Kier alpha value is -1.51. The van der Waals surface area contributed by atoms with Gasteiger partial charge in [-0.1, -0.05) is 26.0 Å². The van der Waals surface area contributed by atoms with Crippen LogP contribution in [0.3, 0.4) is 0 Å². The Kier molecular flexibility index (Phi) is 5.01. The second-order valence-corrected chi connectivity index (χ2v) is 4.92. The van der Waals surface area contributed by atoms with Crippen LogP contribution in [0.15, 0.2) is 24.3 Å². The number of nitrogen functional groups attached to an aromatic ring is 1. The molecule has 0 aliphatic carbocycles. The van der Waals surface area contributed by atoms with Gasteiger partial charge in [0.2, 0.25) is 5.91 Å². The lowest BCUT2D eigenvalue weighted by molar-refractivity contribution is -0.129. The topological polar surface area (TPSA) is 46.3 Å². The first kappa shape index (κ1) is 13.6. The first-order valence-corrected chi connectivity index (χ1v) is 6.07. The van der Waals surface area contributed by atoms with Crippen LogP contribution in [0.5, 0.6) is 0 Å². The van der Waals surface area contributed by atoms with Gasteiger partial charge in [0.05, 0.1) is 6.42 Å². The minimum Gasteiger partial charge on any atom is -0.399 e. The van der Waals surface area contributed by atoms with E-state index in [-0.39, 0.29) is 5.91 Å². The summed E-state index contributed by atoms with van der Waals surface area (Å²) in [5.41, 5.74) is 7.35. The maximum Gasteiger partial charge on any atom is 0.226 e. The predicted octanol–water partition coefficient (Wildman–Crippen LogP) is 2.32. The lowest BCUT2D eigenvalue weighted by atomic mass is 10.1. The Morgan fingerprint density at radius 1 is 1.29 bits per heavy atom. The fraction of sp³-hybridized carbons (Fsp3) is 0.500. The van der Waals surface area contributed by atoms with Gasteiger partial charge in [0.15, 0.2) is 0 Å². The zero-order chi connectivity index (χ0) is 12.8. The van der Waals surface area contributed by atoms with Crippen LogP contribution in [0.1, 0.15) is 25.8 Å². The van der Waals surface area contributed by atoms with Crippen molar-refractivity contribution in [1.82, 2.24) is 4.90 Å². The average Bonchev–Trinajstić information content (AvgIpc) is 2.28. The molecule has 17 heavy (non-hydrogen) atoms. The van der Waals surface area contributed by atoms with Gasteiger partial charge in [-0.3, -0.25) is 4.79 Å². The Morgan fingerprint density at radius 3 is 2.41 bits per heavy atom. The van der Waals surface area contributed by atoms with E-state index in [1.807, 2.05) is 31.3 Å². The van der Waals surface area contributed by atoms with Crippen molar-refractivity contribution in [2.45, 2.75) is 26.7 Å². The smallest absolute Gasteiger partial charge is 0.226 e. The molecule has 0 saturated heterocycles. The molecular formula is C14H22N2O. The minimum absolute atomic E-state index is 0.162. The molecule has 0 aromatic heterocycles. The fourth-order valence-electron chi connectivity index (χ4n) is 1.52. The molecule has 3 nitrogen and oxygen atoms in total. The lowest BCUT2D eigenvalue weighted by Crippen LogP contribution is -2.29. The van der Waals surface area contributed by atoms with E-state index in [2.05, 4.69) is 13.8 Å². The van der Waals surface area contributed by atoms with Gasteiger partial charge in [0, 0.05) is 19.3 Å². The molecule has 0 heterocycles. The number of nitrogens with zero attached hydrogens (tertiary/aromatic N) is 1. The fourth-order valence-corrected chi connectivity index (χ4v) is 1.52. The van der Waals surface area contributed by atoms with Gasteiger partial charge in [-0.2, -0.15) is 0 Å². The number of likely N-dealkylation sites (N-methyl/N-ethyl adjacent to an activating group) is 1. The number of carbonyl (C=O) groups is 1. The van der Waals surface area contributed by atoms with Crippen LogP contribution in [-0.2, 0) is 11.2 Å². The third-order valence-corrected chi connectivity index (χ3v) is 2.80. The highest BCUT2D eigenvalue weighted by Crippen LogP contribution is 2.08. The van der Waals surface area contributed by atoms with Gasteiger partial charge in [0.25, 0.3) is 0 Å². The molecule has 0 bridgehead atoms. The summed E-state index contributed by atoms with van der Waals surface area (Å²) in [6.07, 6.45) is 1.50. The van der Waals surface area contributed by atoms with Gasteiger partial charge in [0.1, 0.15) is 0 Å². The highest BCUT2D eigenvalue weighted by molar-refractivity contribution is 5.78. The highest BCUT2D eigenvalue weighted by atomic mass is 16.2. The molecule has 0 fully saturated rings. The summed E-state index contributed by atoms with van der Waals surface area (Å²) < 4.78 is 0. The van der Waals surface area contributed by atoms with E-state index < -0.39 is 0 Å². The molecule has 2 N–H and O–H groups in total. The zero-order valence-electron chi connectivity index (χ0n) is 10.9. The SMILES string of the molecule is CC(C)CCN(C)C(=O)Cc1ccc(N)cc1. The lowest BCUT2D eigenvalue weighted by Gasteiger charge is -2.18. The molecule has 1 rings (SSSR count). The monoisotopic (exact) mass is 234 g/mol. The van der Waals surface area contributed by atoms with Gasteiger partial charge in [-0.05, 0) is 30.0 Å². The Bertz CT molecular complexity index is 357. The molecule has 0 spiro atoms. The Labute approximate surface area is 104 Å². The van der Waals surface area contributed by atoms with E-state index in [0.29, 0.717) is 12.3 Å². The van der Waals surface area contributed by atoms with Gasteiger partial charge < -0.3 is 10.6 Å². The number of carbonyl (C=O) groups excluding carboxylic acids is 1. The summed E-state index contributed by atoms with van der Waals surface area (Å²) in [6.45, 7) is 5.15. The maximum atomic E-state index is 11.9. The van der Waals surface area contributed by atoms with Crippen LogP contribution in [0.4, 0.5) is 5.69 Å². The largest absolute Gasteiger partial charge is 0.399 e. The molecule has 94 valence electrons. The number of amides is 1. The maximum absolute atomic E-state index is 11.9. The number of nitrogens with two attached hydrogens (primary N) is 1. The highest BCUT2D eigenvalue weighted by Gasteiger charge is 2.09. The van der Waals surface area contributed by atoms with Crippen LogP contribution in [0.25, 0.3) is 0 Å². The van der Waals surface area contributed by atoms with Crippen molar-refractivity contribution in [3.8, 4) is 0 Å². The molecule has 1 amide bonds. The van der Waals surface area contributed by atoms with Crippen molar-refractivity contribution < 1.29 is 4.79 Å². The summed E-state index contributed by atoms with van der Waals surface area (Å²) in [7, 11) is 1.86. The van der Waals surface area contributed by atoms with Crippen molar-refractivity contribution in [3.63, 3.8) is 0 Å². The Morgan fingerprint density at radius 2 is 1.88 bits per heavy atom. The number of hydrogen-bond acceptors (Lipinski definition) is 2. The molecule has 0 radical (unpaired) electrons. The van der Waals surface area contributed by atoms with Crippen LogP contribution in [0, 0.1) is 5.92 Å².